The van der Waals surface area contributed by atoms with Crippen LogP contribution in [0.2, 0.25) is 5.02 Å². The minimum atomic E-state index is -3.93. The van der Waals surface area contributed by atoms with E-state index in [1.165, 1.54) is 28.6 Å². The molecule has 1 fully saturated rings. The Labute approximate surface area is 235 Å². The van der Waals surface area contributed by atoms with E-state index in [-0.39, 0.29) is 30.7 Å². The largest absolute Gasteiger partial charge is 0.454 e. The molecule has 0 saturated carbocycles. The molecule has 2 aliphatic rings. The van der Waals surface area contributed by atoms with Crippen molar-refractivity contribution in [2.24, 2.45) is 0 Å². The van der Waals surface area contributed by atoms with Gasteiger partial charge in [-0.25, -0.2) is 8.42 Å². The second kappa shape index (κ2) is 11.6. The first-order chi connectivity index (χ1) is 18.3. The van der Waals surface area contributed by atoms with Crippen LogP contribution >= 0.6 is 27.5 Å². The van der Waals surface area contributed by atoms with Crippen molar-refractivity contribution in [3.8, 4) is 11.5 Å². The number of nitrogens with zero attached hydrogens (tertiary/aromatic N) is 3. The Morgan fingerprint density at radius 1 is 0.895 bits per heavy atom. The SMILES string of the molecule is O=C(CN(Cc1ccc(Br)cc1)S(=O)(=O)c1ccc(Cl)cc1)N1CCN(Cc2ccc3c(c2)OCO3)CC1. The molecule has 3 aromatic rings. The molecule has 2 aliphatic heterocycles. The number of hydrogen-bond acceptors (Lipinski definition) is 6. The zero-order valence-corrected chi connectivity index (χ0v) is 23.7. The summed E-state index contributed by atoms with van der Waals surface area (Å²) in [5.74, 6) is 1.29. The lowest BCUT2D eigenvalue weighted by Gasteiger charge is -2.35. The van der Waals surface area contributed by atoms with Crippen LogP contribution in [0.5, 0.6) is 11.5 Å². The fraction of sp³-hybridized carbons (Fsp3) is 0.296. The summed E-state index contributed by atoms with van der Waals surface area (Å²) in [5.41, 5.74) is 1.90. The monoisotopic (exact) mass is 619 g/mol. The van der Waals surface area contributed by atoms with Crippen LogP contribution in [-0.4, -0.2) is 67.9 Å². The van der Waals surface area contributed by atoms with Crippen LogP contribution in [0.1, 0.15) is 11.1 Å². The van der Waals surface area contributed by atoms with Crippen LogP contribution in [0.25, 0.3) is 0 Å². The lowest BCUT2D eigenvalue weighted by molar-refractivity contribution is -0.133. The first kappa shape index (κ1) is 27.0. The predicted octanol–water partition coefficient (Wildman–Crippen LogP) is 4.37. The molecular weight excluding hydrogens is 594 g/mol. The van der Waals surface area contributed by atoms with Crippen LogP contribution in [0, 0.1) is 0 Å². The number of carbonyl (C=O) groups excluding carboxylic acids is 1. The van der Waals surface area contributed by atoms with Crippen molar-refractivity contribution in [3.05, 3.63) is 87.4 Å². The van der Waals surface area contributed by atoms with Gasteiger partial charge in [-0.2, -0.15) is 4.31 Å². The van der Waals surface area contributed by atoms with Crippen molar-refractivity contribution in [2.45, 2.75) is 18.0 Å². The topological polar surface area (TPSA) is 79.4 Å². The summed E-state index contributed by atoms with van der Waals surface area (Å²) in [7, 11) is -3.93. The maximum absolute atomic E-state index is 13.5. The van der Waals surface area contributed by atoms with Gasteiger partial charge in [0.1, 0.15) is 0 Å². The first-order valence-electron chi connectivity index (χ1n) is 12.2. The molecule has 0 radical (unpaired) electrons. The fourth-order valence-corrected chi connectivity index (χ4v) is 6.25. The highest BCUT2D eigenvalue weighted by Crippen LogP contribution is 2.33. The third-order valence-electron chi connectivity index (χ3n) is 6.60. The molecular formula is C27H27BrClN3O5S. The van der Waals surface area contributed by atoms with Crippen molar-refractivity contribution < 1.29 is 22.7 Å². The molecule has 0 bridgehead atoms. The van der Waals surface area contributed by atoms with E-state index >= 15 is 0 Å². The smallest absolute Gasteiger partial charge is 0.243 e. The predicted molar refractivity (Wildman–Crippen MR) is 148 cm³/mol. The molecule has 0 spiro atoms. The maximum atomic E-state index is 13.5. The first-order valence-corrected chi connectivity index (χ1v) is 14.8. The molecule has 0 atom stereocenters. The number of carbonyl (C=O) groups is 1. The van der Waals surface area contributed by atoms with Crippen LogP contribution in [-0.2, 0) is 27.9 Å². The van der Waals surface area contributed by atoms with E-state index < -0.39 is 10.0 Å². The lowest BCUT2D eigenvalue weighted by Crippen LogP contribution is -2.51. The van der Waals surface area contributed by atoms with Gasteiger partial charge in [0.25, 0.3) is 0 Å². The second-order valence-corrected chi connectivity index (χ2v) is 12.5. The van der Waals surface area contributed by atoms with Crippen molar-refractivity contribution >= 4 is 43.5 Å². The summed E-state index contributed by atoms with van der Waals surface area (Å²) >= 11 is 9.37. The van der Waals surface area contributed by atoms with E-state index in [2.05, 4.69) is 20.8 Å². The van der Waals surface area contributed by atoms with Gasteiger partial charge >= 0.3 is 0 Å². The Morgan fingerprint density at radius 2 is 1.55 bits per heavy atom. The minimum absolute atomic E-state index is 0.0774. The van der Waals surface area contributed by atoms with Gasteiger partial charge in [0.05, 0.1) is 11.4 Å². The zero-order valence-electron chi connectivity index (χ0n) is 20.6. The third-order valence-corrected chi connectivity index (χ3v) is 9.19. The molecule has 1 saturated heterocycles. The van der Waals surface area contributed by atoms with E-state index in [1.54, 1.807) is 4.90 Å². The Balaban J connectivity index is 1.25. The summed E-state index contributed by atoms with van der Waals surface area (Å²) in [5, 5.41) is 0.443. The zero-order chi connectivity index (χ0) is 26.7. The number of benzene rings is 3. The standard InChI is InChI=1S/C27H27BrClN3O5S/c28-22-4-1-20(2-5-22)17-32(38(34,35)24-8-6-23(29)7-9-24)18-27(33)31-13-11-30(12-14-31)16-21-3-10-25-26(15-21)37-19-36-25/h1-10,15H,11-14,16-19H2. The number of fused-ring (bicyclic) bond motifs is 1. The molecule has 11 heteroatoms. The summed E-state index contributed by atoms with van der Waals surface area (Å²) < 4.78 is 40.1. The van der Waals surface area contributed by atoms with Gasteiger partial charge < -0.3 is 14.4 Å². The summed E-state index contributed by atoms with van der Waals surface area (Å²) in [6.07, 6.45) is 0. The molecule has 2 heterocycles. The van der Waals surface area contributed by atoms with E-state index in [4.69, 9.17) is 21.1 Å². The molecule has 8 nitrogen and oxygen atoms in total. The summed E-state index contributed by atoms with van der Waals surface area (Å²) in [4.78, 5) is 17.4. The summed E-state index contributed by atoms with van der Waals surface area (Å²) in [6.45, 7) is 3.24. The van der Waals surface area contributed by atoms with E-state index in [9.17, 15) is 13.2 Å². The number of hydrogen-bond donors (Lipinski definition) is 0. The quantitative estimate of drug-likeness (QED) is 0.372. The number of sulfonamides is 1. The van der Waals surface area contributed by atoms with E-state index in [1.807, 2.05) is 42.5 Å². The molecule has 0 aliphatic carbocycles. The molecule has 0 aromatic heterocycles. The van der Waals surface area contributed by atoms with Crippen molar-refractivity contribution in [1.29, 1.82) is 0 Å². The number of ether oxygens (including phenoxy) is 2. The van der Waals surface area contributed by atoms with Crippen LogP contribution in [0.4, 0.5) is 0 Å². The maximum Gasteiger partial charge on any atom is 0.243 e. The van der Waals surface area contributed by atoms with Gasteiger partial charge in [0.15, 0.2) is 11.5 Å². The summed E-state index contributed by atoms with van der Waals surface area (Å²) in [6, 6.07) is 19.3. The Morgan fingerprint density at radius 3 is 2.26 bits per heavy atom. The fourth-order valence-electron chi connectivity index (χ4n) is 4.48. The van der Waals surface area contributed by atoms with Crippen LogP contribution < -0.4 is 9.47 Å². The number of piperazine rings is 1. The normalized spacial score (nSPS) is 15.7. The van der Waals surface area contributed by atoms with Crippen molar-refractivity contribution in [1.82, 2.24) is 14.1 Å². The average molecular weight is 621 g/mol. The van der Waals surface area contributed by atoms with Gasteiger partial charge in [0, 0.05) is 48.8 Å². The van der Waals surface area contributed by atoms with E-state index in [0.29, 0.717) is 31.2 Å². The third kappa shape index (κ3) is 6.32. The molecule has 200 valence electrons. The Bertz CT molecular complexity index is 1400. The second-order valence-electron chi connectivity index (χ2n) is 9.20. The van der Waals surface area contributed by atoms with Gasteiger partial charge in [-0.05, 0) is 59.7 Å². The number of halogens is 2. The van der Waals surface area contributed by atoms with Gasteiger partial charge in [-0.1, -0.05) is 45.7 Å². The average Bonchev–Trinajstić information content (AvgIpc) is 3.38. The minimum Gasteiger partial charge on any atom is -0.454 e. The molecule has 3 aromatic carbocycles. The highest BCUT2D eigenvalue weighted by Gasteiger charge is 2.30. The van der Waals surface area contributed by atoms with E-state index in [0.717, 1.165) is 33.6 Å². The van der Waals surface area contributed by atoms with Gasteiger partial charge in [-0.3, -0.25) is 9.69 Å². The molecule has 38 heavy (non-hydrogen) atoms. The van der Waals surface area contributed by atoms with Gasteiger partial charge in [-0.15, -0.1) is 0 Å². The van der Waals surface area contributed by atoms with Crippen molar-refractivity contribution in [3.63, 3.8) is 0 Å². The Kier molecular flexibility index (Phi) is 8.25. The highest BCUT2D eigenvalue weighted by atomic mass is 79.9. The molecule has 0 unspecified atom stereocenters. The number of amides is 1. The van der Waals surface area contributed by atoms with Crippen LogP contribution in [0.15, 0.2) is 76.1 Å². The van der Waals surface area contributed by atoms with Crippen LogP contribution in [0.3, 0.4) is 0 Å². The molecule has 5 rings (SSSR count). The van der Waals surface area contributed by atoms with Gasteiger partial charge in [0.2, 0.25) is 22.7 Å². The Hall–Kier alpha value is -2.63. The van der Waals surface area contributed by atoms with Crippen molar-refractivity contribution in [2.75, 3.05) is 39.5 Å². The highest BCUT2D eigenvalue weighted by molar-refractivity contribution is 9.10. The molecule has 1 amide bonds. The number of rotatable bonds is 8. The lowest BCUT2D eigenvalue weighted by atomic mass is 10.1. The molecule has 0 N–H and O–H groups in total.